The summed E-state index contributed by atoms with van der Waals surface area (Å²) >= 11 is 0. The number of hydrogen-bond donors (Lipinski definition) is 0. The van der Waals surface area contributed by atoms with E-state index in [0.29, 0.717) is 12.2 Å². The van der Waals surface area contributed by atoms with Crippen molar-refractivity contribution in [3.05, 3.63) is 24.8 Å². The number of esters is 1. The lowest BCUT2D eigenvalue weighted by molar-refractivity contribution is -0.139. The number of carbonyl (C=O) groups is 1. The average Bonchev–Trinajstić information content (AvgIpc) is 2.43. The van der Waals surface area contributed by atoms with Gasteiger partial charge in [-0.2, -0.15) is 0 Å². The van der Waals surface area contributed by atoms with E-state index < -0.39 is 0 Å². The van der Waals surface area contributed by atoms with Crippen LogP contribution < -0.4 is 0 Å². The second-order valence-electron chi connectivity index (χ2n) is 5.53. The Hall–Kier alpha value is -1.05. The molecule has 0 aromatic rings. The molecule has 0 heterocycles. The van der Waals surface area contributed by atoms with Gasteiger partial charge < -0.3 is 4.74 Å². The Labute approximate surface area is 125 Å². The Balaban J connectivity index is 3.08. The van der Waals surface area contributed by atoms with Crippen LogP contribution in [0.5, 0.6) is 0 Å². The summed E-state index contributed by atoms with van der Waals surface area (Å²) in [6.07, 6.45) is 15.9. The molecule has 0 bridgehead atoms. The number of unbranched alkanes of at least 4 members (excludes halogenated alkanes) is 10. The highest BCUT2D eigenvalue weighted by Crippen LogP contribution is 2.11. The molecule has 0 saturated carbocycles. The monoisotopic (exact) mass is 280 g/mol. The molecule has 0 atom stereocenters. The number of rotatable bonds is 14. The van der Waals surface area contributed by atoms with Gasteiger partial charge in [-0.15, -0.1) is 6.58 Å². The van der Waals surface area contributed by atoms with Gasteiger partial charge in [-0.1, -0.05) is 64.0 Å². The van der Waals surface area contributed by atoms with Gasteiger partial charge >= 0.3 is 5.97 Å². The molecular formula is C18H32O2. The van der Waals surface area contributed by atoms with Crippen molar-refractivity contribution in [2.75, 3.05) is 6.61 Å². The summed E-state index contributed by atoms with van der Waals surface area (Å²) in [5.74, 6) is -0.263. The summed E-state index contributed by atoms with van der Waals surface area (Å²) in [4.78, 5) is 11.1. The molecule has 2 nitrogen and oxygen atoms in total. The topological polar surface area (TPSA) is 26.3 Å². The Morgan fingerprint density at radius 1 is 0.900 bits per heavy atom. The summed E-state index contributed by atoms with van der Waals surface area (Å²) in [5, 5.41) is 0. The third-order valence-electron chi connectivity index (χ3n) is 3.38. The Kier molecular flexibility index (Phi) is 13.6. The van der Waals surface area contributed by atoms with Gasteiger partial charge in [0.1, 0.15) is 0 Å². The molecule has 0 amide bonds. The first kappa shape index (κ1) is 18.9. The van der Waals surface area contributed by atoms with E-state index in [0.717, 1.165) is 19.3 Å². The summed E-state index contributed by atoms with van der Waals surface area (Å²) in [7, 11) is 0. The second kappa shape index (κ2) is 14.4. The van der Waals surface area contributed by atoms with E-state index in [2.05, 4.69) is 13.2 Å². The van der Waals surface area contributed by atoms with Crippen LogP contribution in [0.3, 0.4) is 0 Å². The molecule has 0 unspecified atom stereocenters. The highest BCUT2D eigenvalue weighted by Gasteiger charge is 2.01. The maximum Gasteiger partial charge on any atom is 0.333 e. The first-order chi connectivity index (χ1) is 9.68. The molecule has 0 rings (SSSR count). The molecule has 2 heteroatoms. The van der Waals surface area contributed by atoms with Gasteiger partial charge in [-0.05, 0) is 26.2 Å². The molecule has 0 radical (unpaired) electrons. The zero-order chi connectivity index (χ0) is 15.1. The minimum Gasteiger partial charge on any atom is -0.462 e. The summed E-state index contributed by atoms with van der Waals surface area (Å²) in [6.45, 7) is 9.51. The van der Waals surface area contributed by atoms with Crippen LogP contribution in [0.1, 0.15) is 77.6 Å². The van der Waals surface area contributed by atoms with Crippen LogP contribution in [0, 0.1) is 0 Å². The van der Waals surface area contributed by atoms with Gasteiger partial charge in [0, 0.05) is 5.57 Å². The van der Waals surface area contributed by atoms with E-state index in [1.807, 2.05) is 6.08 Å². The van der Waals surface area contributed by atoms with Gasteiger partial charge in [0.05, 0.1) is 6.61 Å². The molecule has 20 heavy (non-hydrogen) atoms. The van der Waals surface area contributed by atoms with Crippen LogP contribution >= 0.6 is 0 Å². The number of carbonyl (C=O) groups excluding carboxylic acids is 1. The second-order valence-corrected chi connectivity index (χ2v) is 5.53. The predicted octanol–water partition coefficient (Wildman–Crippen LogP) is 5.58. The lowest BCUT2D eigenvalue weighted by atomic mass is 10.1. The first-order valence-corrected chi connectivity index (χ1v) is 8.12. The molecule has 0 saturated heterocycles. The predicted molar refractivity (Wildman–Crippen MR) is 86.8 cm³/mol. The van der Waals surface area contributed by atoms with E-state index in [1.54, 1.807) is 6.92 Å². The normalized spacial score (nSPS) is 10.2. The molecular weight excluding hydrogens is 248 g/mol. The van der Waals surface area contributed by atoms with Crippen molar-refractivity contribution in [1.82, 2.24) is 0 Å². The fourth-order valence-corrected chi connectivity index (χ4v) is 2.09. The molecule has 0 aromatic heterocycles. The lowest BCUT2D eigenvalue weighted by Gasteiger charge is -2.04. The molecule has 116 valence electrons. The van der Waals surface area contributed by atoms with Crippen LogP contribution in [-0.4, -0.2) is 12.6 Å². The van der Waals surface area contributed by atoms with Gasteiger partial charge in [-0.3, -0.25) is 0 Å². The third kappa shape index (κ3) is 13.4. The fraction of sp³-hybridized carbons (Fsp3) is 0.722. The van der Waals surface area contributed by atoms with E-state index in [1.165, 1.54) is 51.4 Å². The van der Waals surface area contributed by atoms with Gasteiger partial charge in [0.2, 0.25) is 0 Å². The fourth-order valence-electron chi connectivity index (χ4n) is 2.09. The van der Waals surface area contributed by atoms with Crippen molar-refractivity contribution >= 4 is 5.97 Å². The van der Waals surface area contributed by atoms with Crippen molar-refractivity contribution in [2.24, 2.45) is 0 Å². The van der Waals surface area contributed by atoms with Gasteiger partial charge in [-0.25, -0.2) is 4.79 Å². The van der Waals surface area contributed by atoms with Crippen LogP contribution in [-0.2, 0) is 9.53 Å². The van der Waals surface area contributed by atoms with Crippen LogP contribution in [0.4, 0.5) is 0 Å². The smallest absolute Gasteiger partial charge is 0.333 e. The molecule has 0 aromatic carbocycles. The van der Waals surface area contributed by atoms with Crippen molar-refractivity contribution in [3.8, 4) is 0 Å². The Bertz CT molecular complexity index is 269. The molecule has 0 spiro atoms. The molecule has 0 N–H and O–H groups in total. The van der Waals surface area contributed by atoms with E-state index in [-0.39, 0.29) is 5.97 Å². The van der Waals surface area contributed by atoms with E-state index >= 15 is 0 Å². The van der Waals surface area contributed by atoms with Crippen LogP contribution in [0.2, 0.25) is 0 Å². The summed E-state index contributed by atoms with van der Waals surface area (Å²) < 4.78 is 5.05. The van der Waals surface area contributed by atoms with Crippen LogP contribution in [0.25, 0.3) is 0 Å². The van der Waals surface area contributed by atoms with Gasteiger partial charge in [0.25, 0.3) is 0 Å². The quantitative estimate of drug-likeness (QED) is 0.180. The van der Waals surface area contributed by atoms with Crippen LogP contribution in [0.15, 0.2) is 24.8 Å². The van der Waals surface area contributed by atoms with Crippen molar-refractivity contribution in [3.63, 3.8) is 0 Å². The highest BCUT2D eigenvalue weighted by molar-refractivity contribution is 5.86. The van der Waals surface area contributed by atoms with Gasteiger partial charge in [0.15, 0.2) is 0 Å². The SMILES string of the molecule is C=CCCCCCCCCCCCCOC(=O)C(=C)C. The van der Waals surface area contributed by atoms with Crippen molar-refractivity contribution in [2.45, 2.75) is 77.6 Å². The summed E-state index contributed by atoms with van der Waals surface area (Å²) in [6, 6.07) is 0. The highest BCUT2D eigenvalue weighted by atomic mass is 16.5. The van der Waals surface area contributed by atoms with E-state index in [9.17, 15) is 4.79 Å². The Morgan fingerprint density at radius 3 is 1.80 bits per heavy atom. The molecule has 0 aliphatic rings. The van der Waals surface area contributed by atoms with Crippen molar-refractivity contribution < 1.29 is 9.53 Å². The number of ether oxygens (including phenoxy) is 1. The zero-order valence-corrected chi connectivity index (χ0v) is 13.3. The maximum absolute atomic E-state index is 11.1. The first-order valence-electron chi connectivity index (χ1n) is 8.12. The standard InChI is InChI=1S/C18H32O2/c1-4-5-6-7-8-9-10-11-12-13-14-15-16-20-18(19)17(2)3/h4H,1-2,5-16H2,3H3. The maximum atomic E-state index is 11.1. The average molecular weight is 280 g/mol. The Morgan fingerprint density at radius 2 is 1.35 bits per heavy atom. The number of hydrogen-bond acceptors (Lipinski definition) is 2. The molecule has 0 fully saturated rings. The third-order valence-corrected chi connectivity index (χ3v) is 3.38. The number of allylic oxidation sites excluding steroid dienone is 1. The van der Waals surface area contributed by atoms with E-state index in [4.69, 9.17) is 4.74 Å². The molecule has 0 aliphatic carbocycles. The largest absolute Gasteiger partial charge is 0.462 e. The van der Waals surface area contributed by atoms with Crippen molar-refractivity contribution in [1.29, 1.82) is 0 Å². The minimum atomic E-state index is -0.263. The zero-order valence-electron chi connectivity index (χ0n) is 13.3. The summed E-state index contributed by atoms with van der Waals surface area (Å²) in [5.41, 5.74) is 0.484. The molecule has 0 aliphatic heterocycles. The lowest BCUT2D eigenvalue weighted by Crippen LogP contribution is -2.05. The minimum absolute atomic E-state index is 0.263.